The Kier molecular flexibility index (Phi) is 5.40. The Morgan fingerprint density at radius 1 is 1.07 bits per heavy atom. The van der Waals surface area contributed by atoms with Crippen LogP contribution in [0, 0.1) is 0 Å². The summed E-state index contributed by atoms with van der Waals surface area (Å²) in [6.07, 6.45) is 2.47. The maximum Gasteiger partial charge on any atom is 0.261 e. The highest BCUT2D eigenvalue weighted by Crippen LogP contribution is 2.38. The molecule has 2 aromatic rings. The first-order chi connectivity index (χ1) is 13.9. The number of amides is 1. The SMILES string of the molecule is CC(C)(C)[Si](OC[C@@H]1C[C@@]2(CCCO2)C(=O)N1)(c1ccccc1)c1ccccc1. The molecule has 4 rings (SSSR count). The number of carbonyl (C=O) groups is 1. The van der Waals surface area contributed by atoms with E-state index in [0.29, 0.717) is 19.6 Å². The number of carbonyl (C=O) groups excluding carboxylic acids is 1. The van der Waals surface area contributed by atoms with E-state index in [2.05, 4.69) is 86.8 Å². The maximum atomic E-state index is 12.6. The first-order valence-corrected chi connectivity index (χ1v) is 12.5. The van der Waals surface area contributed by atoms with Gasteiger partial charge in [-0.15, -0.1) is 0 Å². The van der Waals surface area contributed by atoms with Crippen molar-refractivity contribution >= 4 is 24.6 Å². The van der Waals surface area contributed by atoms with Gasteiger partial charge < -0.3 is 14.5 Å². The summed E-state index contributed by atoms with van der Waals surface area (Å²) in [5, 5.41) is 5.60. The van der Waals surface area contributed by atoms with Gasteiger partial charge in [0.1, 0.15) is 5.60 Å². The third-order valence-corrected chi connectivity index (χ3v) is 11.4. The highest BCUT2D eigenvalue weighted by molar-refractivity contribution is 6.99. The number of hydrogen-bond acceptors (Lipinski definition) is 3. The second kappa shape index (κ2) is 7.71. The van der Waals surface area contributed by atoms with E-state index in [1.165, 1.54) is 10.4 Å². The van der Waals surface area contributed by atoms with Crippen molar-refractivity contribution in [3.8, 4) is 0 Å². The standard InChI is InChI=1S/C24H31NO3Si/c1-23(2,3)29(20-11-6-4-7-12-20,21-13-8-5-9-14-21)28-18-19-17-24(22(26)25-19)15-10-16-27-24/h4-9,11-14,19H,10,15-18H2,1-3H3,(H,25,26)/t19-,24-/m0/s1. The summed E-state index contributed by atoms with van der Waals surface area (Å²) >= 11 is 0. The van der Waals surface area contributed by atoms with E-state index < -0.39 is 13.9 Å². The monoisotopic (exact) mass is 409 g/mol. The van der Waals surface area contributed by atoms with Crippen LogP contribution in [-0.2, 0) is 14.0 Å². The minimum atomic E-state index is -2.58. The summed E-state index contributed by atoms with van der Waals surface area (Å²) in [5.41, 5.74) is -0.626. The van der Waals surface area contributed by atoms with Gasteiger partial charge in [-0.1, -0.05) is 81.4 Å². The van der Waals surface area contributed by atoms with E-state index >= 15 is 0 Å². The number of rotatable bonds is 5. The van der Waals surface area contributed by atoms with Crippen molar-refractivity contribution in [2.75, 3.05) is 13.2 Å². The topological polar surface area (TPSA) is 47.6 Å². The Morgan fingerprint density at radius 2 is 1.66 bits per heavy atom. The summed E-state index contributed by atoms with van der Waals surface area (Å²) in [7, 11) is -2.58. The Labute approximate surface area is 174 Å². The zero-order valence-corrected chi connectivity index (χ0v) is 18.6. The first-order valence-electron chi connectivity index (χ1n) is 10.6. The molecule has 4 nitrogen and oxygen atoms in total. The van der Waals surface area contributed by atoms with Crippen molar-refractivity contribution in [1.82, 2.24) is 5.32 Å². The molecule has 0 unspecified atom stereocenters. The molecule has 0 bridgehead atoms. The Bertz CT molecular complexity index is 802. The van der Waals surface area contributed by atoms with Gasteiger partial charge in [-0.2, -0.15) is 0 Å². The van der Waals surface area contributed by atoms with Gasteiger partial charge in [-0.3, -0.25) is 4.79 Å². The van der Waals surface area contributed by atoms with E-state index in [-0.39, 0.29) is 17.0 Å². The van der Waals surface area contributed by atoms with Gasteiger partial charge >= 0.3 is 0 Å². The quantitative estimate of drug-likeness (QED) is 0.773. The van der Waals surface area contributed by atoms with E-state index in [0.717, 1.165) is 12.8 Å². The lowest BCUT2D eigenvalue weighted by molar-refractivity contribution is -0.136. The molecule has 1 amide bonds. The molecule has 2 aliphatic rings. The lowest BCUT2D eigenvalue weighted by Gasteiger charge is -2.43. The highest BCUT2D eigenvalue weighted by Gasteiger charge is 2.53. The minimum Gasteiger partial charge on any atom is -0.405 e. The molecule has 2 aromatic carbocycles. The molecule has 2 heterocycles. The molecular formula is C24H31NO3Si. The molecule has 2 saturated heterocycles. The Hall–Kier alpha value is -1.95. The largest absolute Gasteiger partial charge is 0.405 e. The van der Waals surface area contributed by atoms with Gasteiger partial charge in [0.15, 0.2) is 0 Å². The van der Waals surface area contributed by atoms with Gasteiger partial charge in [-0.05, 0) is 28.3 Å². The number of benzene rings is 2. The van der Waals surface area contributed by atoms with Crippen LogP contribution < -0.4 is 15.7 Å². The zero-order valence-electron chi connectivity index (χ0n) is 17.6. The zero-order chi connectivity index (χ0) is 20.5. The van der Waals surface area contributed by atoms with Crippen LogP contribution in [0.1, 0.15) is 40.0 Å². The average Bonchev–Trinajstić information content (AvgIpc) is 3.30. The molecule has 29 heavy (non-hydrogen) atoms. The minimum absolute atomic E-state index is 0.0118. The van der Waals surface area contributed by atoms with E-state index in [1.807, 2.05) is 0 Å². The second-order valence-corrected chi connectivity index (χ2v) is 13.6. The predicted octanol–water partition coefficient (Wildman–Crippen LogP) is 3.00. The number of nitrogens with one attached hydrogen (secondary N) is 1. The summed E-state index contributed by atoms with van der Waals surface area (Å²) in [6.45, 7) is 8.00. The van der Waals surface area contributed by atoms with Crippen molar-refractivity contribution < 1.29 is 14.0 Å². The van der Waals surface area contributed by atoms with Crippen LogP contribution in [0.5, 0.6) is 0 Å². The molecular weight excluding hydrogens is 378 g/mol. The van der Waals surface area contributed by atoms with Crippen LogP contribution in [0.15, 0.2) is 60.7 Å². The predicted molar refractivity (Wildman–Crippen MR) is 118 cm³/mol. The number of hydrogen-bond donors (Lipinski definition) is 1. The normalized spacial score (nSPS) is 24.8. The first kappa shape index (κ1) is 20.3. The molecule has 0 radical (unpaired) electrons. The van der Waals surface area contributed by atoms with Crippen molar-refractivity contribution in [1.29, 1.82) is 0 Å². The van der Waals surface area contributed by atoms with Crippen LogP contribution in [0.2, 0.25) is 5.04 Å². The lowest BCUT2D eigenvalue weighted by Crippen LogP contribution is -2.67. The summed E-state index contributed by atoms with van der Waals surface area (Å²) in [5.74, 6) is 0.0334. The van der Waals surface area contributed by atoms with Gasteiger partial charge in [0.25, 0.3) is 14.2 Å². The second-order valence-electron chi connectivity index (χ2n) is 9.30. The molecule has 2 atom stereocenters. The van der Waals surface area contributed by atoms with Crippen molar-refractivity contribution in [3.05, 3.63) is 60.7 Å². The van der Waals surface area contributed by atoms with E-state index in [1.54, 1.807) is 0 Å². The molecule has 2 aliphatic heterocycles. The fourth-order valence-electron chi connectivity index (χ4n) is 4.98. The highest BCUT2D eigenvalue weighted by atomic mass is 28.4. The van der Waals surface area contributed by atoms with Crippen molar-refractivity contribution in [2.45, 2.75) is 56.7 Å². The Morgan fingerprint density at radius 3 is 2.14 bits per heavy atom. The van der Waals surface area contributed by atoms with Crippen LogP contribution in [-0.4, -0.2) is 39.1 Å². The molecule has 2 fully saturated rings. The van der Waals surface area contributed by atoms with Crippen molar-refractivity contribution in [2.24, 2.45) is 0 Å². The van der Waals surface area contributed by atoms with Gasteiger partial charge in [-0.25, -0.2) is 0 Å². The molecule has 1 N–H and O–H groups in total. The Balaban J connectivity index is 1.67. The smallest absolute Gasteiger partial charge is 0.261 e. The summed E-state index contributed by atoms with van der Waals surface area (Å²) in [6, 6.07) is 21.2. The maximum absolute atomic E-state index is 12.6. The van der Waals surface area contributed by atoms with Gasteiger partial charge in [0.05, 0.1) is 12.6 Å². The van der Waals surface area contributed by atoms with Crippen LogP contribution >= 0.6 is 0 Å². The molecule has 0 saturated carbocycles. The molecule has 5 heteroatoms. The molecule has 1 spiro atoms. The molecule has 0 aromatic heterocycles. The van der Waals surface area contributed by atoms with E-state index in [9.17, 15) is 4.79 Å². The summed E-state index contributed by atoms with van der Waals surface area (Å²) < 4.78 is 12.8. The summed E-state index contributed by atoms with van der Waals surface area (Å²) in [4.78, 5) is 12.6. The molecule has 0 aliphatic carbocycles. The van der Waals surface area contributed by atoms with Crippen LogP contribution in [0.4, 0.5) is 0 Å². The van der Waals surface area contributed by atoms with Crippen LogP contribution in [0.25, 0.3) is 0 Å². The average molecular weight is 410 g/mol. The van der Waals surface area contributed by atoms with Crippen LogP contribution in [0.3, 0.4) is 0 Å². The number of ether oxygens (including phenoxy) is 1. The van der Waals surface area contributed by atoms with Gasteiger partial charge in [0.2, 0.25) is 0 Å². The third kappa shape index (κ3) is 3.56. The van der Waals surface area contributed by atoms with E-state index in [4.69, 9.17) is 9.16 Å². The molecule has 154 valence electrons. The lowest BCUT2D eigenvalue weighted by atomic mass is 9.96. The fraction of sp³-hybridized carbons (Fsp3) is 0.458. The fourth-order valence-corrected chi connectivity index (χ4v) is 9.59. The third-order valence-electron chi connectivity index (χ3n) is 6.35. The van der Waals surface area contributed by atoms with Gasteiger partial charge in [0, 0.05) is 13.0 Å². The van der Waals surface area contributed by atoms with Crippen molar-refractivity contribution in [3.63, 3.8) is 0 Å².